The van der Waals surface area contributed by atoms with Crippen molar-refractivity contribution in [3.63, 3.8) is 0 Å². The molecule has 1 atom stereocenters. The summed E-state index contributed by atoms with van der Waals surface area (Å²) in [6.45, 7) is 1.44. The fourth-order valence-electron chi connectivity index (χ4n) is 5.09. The van der Waals surface area contributed by atoms with E-state index in [1.807, 2.05) is 6.07 Å². The zero-order valence-corrected chi connectivity index (χ0v) is 24.0. The maximum absolute atomic E-state index is 13.7. The summed E-state index contributed by atoms with van der Waals surface area (Å²) in [5.41, 5.74) is 2.80. The van der Waals surface area contributed by atoms with E-state index in [-0.39, 0.29) is 28.3 Å². The van der Waals surface area contributed by atoms with Gasteiger partial charge in [-0.05, 0) is 25.3 Å². The summed E-state index contributed by atoms with van der Waals surface area (Å²) < 4.78 is 57.6. The molecule has 2 fully saturated rings. The summed E-state index contributed by atoms with van der Waals surface area (Å²) in [4.78, 5) is 1.95. The Hall–Kier alpha value is -4.17. The maximum atomic E-state index is 13.7. The lowest BCUT2D eigenvalue weighted by molar-refractivity contribution is 0.121. The minimum Gasteiger partial charge on any atom is -0.495 e. The Morgan fingerprint density at radius 1 is 0.976 bits per heavy atom. The molecule has 3 N–H and O–H groups in total. The predicted molar refractivity (Wildman–Crippen MR) is 152 cm³/mol. The number of methoxy groups -OCH3 is 4. The first-order valence-corrected chi connectivity index (χ1v) is 14.7. The van der Waals surface area contributed by atoms with Gasteiger partial charge in [-0.25, -0.2) is 8.42 Å². The van der Waals surface area contributed by atoms with E-state index in [4.69, 9.17) is 23.5 Å². The Kier molecular flexibility index (Phi) is 7.03. The van der Waals surface area contributed by atoms with Crippen molar-refractivity contribution in [1.29, 1.82) is 0 Å². The van der Waals surface area contributed by atoms with Crippen LogP contribution in [0.25, 0.3) is 11.0 Å². The molecule has 0 spiro atoms. The molecule has 0 radical (unpaired) electrons. The van der Waals surface area contributed by atoms with Gasteiger partial charge in [0, 0.05) is 61.8 Å². The zero-order chi connectivity index (χ0) is 28.7. The minimum absolute atomic E-state index is 0.00342. The molecule has 14 heteroatoms. The molecule has 41 heavy (non-hydrogen) atoms. The van der Waals surface area contributed by atoms with Crippen LogP contribution in [0.1, 0.15) is 30.9 Å². The van der Waals surface area contributed by atoms with Gasteiger partial charge in [-0.15, -0.1) is 0 Å². The number of rotatable bonds is 11. The molecule has 3 heterocycles. The second-order valence-corrected chi connectivity index (χ2v) is 11.7. The molecule has 1 saturated heterocycles. The van der Waals surface area contributed by atoms with Gasteiger partial charge in [0.05, 0.1) is 38.5 Å². The van der Waals surface area contributed by atoms with Crippen LogP contribution in [0.5, 0.6) is 17.2 Å². The third kappa shape index (κ3) is 5.20. The lowest BCUT2D eigenvalue weighted by atomic mass is 10.2. The first-order valence-electron chi connectivity index (χ1n) is 13.2. The molecule has 6 rings (SSSR count). The van der Waals surface area contributed by atoms with E-state index in [1.54, 1.807) is 31.4 Å². The number of fused-ring (bicyclic) bond motifs is 1. The van der Waals surface area contributed by atoms with Crippen molar-refractivity contribution in [3.8, 4) is 17.2 Å². The maximum Gasteiger partial charge on any atom is 0.270 e. The van der Waals surface area contributed by atoms with Crippen LogP contribution in [-0.2, 0) is 14.8 Å². The van der Waals surface area contributed by atoms with Crippen LogP contribution in [-0.4, -0.2) is 71.4 Å². The van der Waals surface area contributed by atoms with E-state index in [1.165, 1.54) is 21.3 Å². The highest BCUT2D eigenvalue weighted by molar-refractivity contribution is 7.93. The Bertz CT molecular complexity index is 1660. The summed E-state index contributed by atoms with van der Waals surface area (Å²) in [6, 6.07) is 8.66. The van der Waals surface area contributed by atoms with Crippen molar-refractivity contribution in [3.05, 3.63) is 36.0 Å². The fourth-order valence-corrected chi connectivity index (χ4v) is 6.41. The quantitative estimate of drug-likeness (QED) is 0.232. The summed E-state index contributed by atoms with van der Waals surface area (Å²) in [5, 5.41) is 15.0. The summed E-state index contributed by atoms with van der Waals surface area (Å²) in [7, 11) is 1.80. The average molecular weight is 585 g/mol. The Labute approximate surface area is 237 Å². The van der Waals surface area contributed by atoms with Gasteiger partial charge in [-0.2, -0.15) is 5.10 Å². The third-order valence-corrected chi connectivity index (χ3v) is 8.86. The molecule has 2 aromatic carbocycles. The molecule has 2 aliphatic rings. The molecule has 0 amide bonds. The fraction of sp³-hybridized carbons (Fsp3) is 0.407. The highest BCUT2D eigenvalue weighted by Gasteiger charge is 2.31. The van der Waals surface area contributed by atoms with Gasteiger partial charge < -0.3 is 33.7 Å². The molecule has 1 aliphatic carbocycles. The molecule has 1 saturated carbocycles. The van der Waals surface area contributed by atoms with Gasteiger partial charge >= 0.3 is 0 Å². The van der Waals surface area contributed by atoms with Crippen molar-refractivity contribution in [2.45, 2.75) is 36.2 Å². The molecule has 4 aromatic rings. The Balaban J connectivity index is 1.30. The molecule has 0 bridgehead atoms. The number of anilines is 4. The number of sulfonamides is 1. The lowest BCUT2D eigenvalue weighted by Crippen LogP contribution is -2.23. The van der Waals surface area contributed by atoms with Gasteiger partial charge in [-0.1, -0.05) is 5.16 Å². The van der Waals surface area contributed by atoms with E-state index in [0.717, 1.165) is 37.2 Å². The smallest absolute Gasteiger partial charge is 0.270 e. The van der Waals surface area contributed by atoms with Gasteiger partial charge in [0.25, 0.3) is 10.0 Å². The van der Waals surface area contributed by atoms with E-state index >= 15 is 0 Å². The topological polar surface area (TPSA) is 153 Å². The van der Waals surface area contributed by atoms with Crippen molar-refractivity contribution in [2.75, 3.05) is 56.5 Å². The van der Waals surface area contributed by atoms with E-state index in [2.05, 4.69) is 30.3 Å². The van der Waals surface area contributed by atoms with Crippen molar-refractivity contribution < 1.29 is 31.9 Å². The van der Waals surface area contributed by atoms with Crippen LogP contribution in [0.4, 0.5) is 23.0 Å². The van der Waals surface area contributed by atoms with Gasteiger partial charge in [0.1, 0.15) is 17.2 Å². The normalized spacial score (nSPS) is 17.2. The second-order valence-electron chi connectivity index (χ2n) is 10.1. The summed E-state index contributed by atoms with van der Waals surface area (Å²) >= 11 is 0. The van der Waals surface area contributed by atoms with Crippen molar-refractivity contribution in [2.24, 2.45) is 0 Å². The SMILES string of the molecule is COc1cc2c(NS(=O)(=O)c3c(OC)cc(N4CC[C@@H](OC)C4)cc3OC)noc2cc1Nc1cc(C2CC2)[nH]n1. The first kappa shape index (κ1) is 27.0. The first-order chi connectivity index (χ1) is 19.8. The zero-order valence-electron chi connectivity index (χ0n) is 23.2. The van der Waals surface area contributed by atoms with Crippen molar-refractivity contribution >= 4 is 44.0 Å². The number of hydrogen-bond donors (Lipinski definition) is 3. The standard InChI is InChI=1S/C27H32N6O7S/c1-36-17-7-8-33(14-17)16-9-23(38-3)26(24(10-16)39-4)41(34,35)32-27-18-11-22(37-2)20(12-21(18)40-31-27)28-25-13-19(29-30-25)15-5-6-15/h9-13,15,17H,5-8,14H2,1-4H3,(H,31,32)(H2,28,29,30)/t17-/m1/s1. The highest BCUT2D eigenvalue weighted by atomic mass is 32.2. The molecule has 1 aliphatic heterocycles. The number of nitrogens with zero attached hydrogens (tertiary/aromatic N) is 3. The lowest BCUT2D eigenvalue weighted by Gasteiger charge is -2.22. The molecular formula is C27H32N6O7S. The molecule has 0 unspecified atom stereocenters. The van der Waals surface area contributed by atoms with E-state index < -0.39 is 10.0 Å². The number of benzene rings is 2. The van der Waals surface area contributed by atoms with Crippen LogP contribution >= 0.6 is 0 Å². The van der Waals surface area contributed by atoms with Crippen LogP contribution in [0.3, 0.4) is 0 Å². The number of ether oxygens (including phenoxy) is 4. The predicted octanol–water partition coefficient (Wildman–Crippen LogP) is 4.22. The molecular weight excluding hydrogens is 552 g/mol. The van der Waals surface area contributed by atoms with Crippen LogP contribution in [0, 0.1) is 0 Å². The van der Waals surface area contributed by atoms with Crippen molar-refractivity contribution in [1.82, 2.24) is 15.4 Å². The highest BCUT2D eigenvalue weighted by Crippen LogP contribution is 2.42. The number of aromatic nitrogens is 3. The monoisotopic (exact) mass is 584 g/mol. The van der Waals surface area contributed by atoms with E-state index in [0.29, 0.717) is 40.7 Å². The van der Waals surface area contributed by atoms with Gasteiger partial charge in [-0.3, -0.25) is 9.82 Å². The number of nitrogens with one attached hydrogen (secondary N) is 3. The Morgan fingerprint density at radius 3 is 2.34 bits per heavy atom. The largest absolute Gasteiger partial charge is 0.495 e. The van der Waals surface area contributed by atoms with Crippen LogP contribution < -0.4 is 29.1 Å². The number of aromatic amines is 1. The average Bonchev–Trinajstić information content (AvgIpc) is 3.35. The number of hydrogen-bond acceptors (Lipinski definition) is 11. The van der Waals surface area contributed by atoms with Crippen LogP contribution in [0.15, 0.2) is 39.8 Å². The number of H-pyrrole nitrogens is 1. The Morgan fingerprint density at radius 2 is 1.71 bits per heavy atom. The van der Waals surface area contributed by atoms with E-state index in [9.17, 15) is 8.42 Å². The van der Waals surface area contributed by atoms with Crippen LogP contribution in [0.2, 0.25) is 0 Å². The van der Waals surface area contributed by atoms with Gasteiger partial charge in [0.15, 0.2) is 22.1 Å². The molecule has 218 valence electrons. The minimum atomic E-state index is -4.23. The second kappa shape index (κ2) is 10.7. The summed E-state index contributed by atoms with van der Waals surface area (Å²) in [6.07, 6.45) is 3.28. The summed E-state index contributed by atoms with van der Waals surface area (Å²) in [5.74, 6) is 1.89. The molecule has 13 nitrogen and oxygen atoms in total. The third-order valence-electron chi connectivity index (χ3n) is 7.46. The molecule has 2 aromatic heterocycles. The van der Waals surface area contributed by atoms with Gasteiger partial charge in [0.2, 0.25) is 0 Å².